The van der Waals surface area contributed by atoms with E-state index in [1.165, 1.54) is 0 Å². The molecule has 0 amide bonds. The molecule has 5 heterocycles. The van der Waals surface area contributed by atoms with Gasteiger partial charge in [-0.1, -0.05) is 35.3 Å². The van der Waals surface area contributed by atoms with E-state index in [4.69, 9.17) is 42.4 Å². The van der Waals surface area contributed by atoms with Crippen LogP contribution in [0, 0.1) is 0 Å². The van der Waals surface area contributed by atoms with Crippen LogP contribution in [0.4, 0.5) is 5.69 Å². The van der Waals surface area contributed by atoms with Gasteiger partial charge in [0.15, 0.2) is 11.5 Å². The summed E-state index contributed by atoms with van der Waals surface area (Å²) in [6.45, 7) is 6.17. The normalized spacial score (nSPS) is 27.0. The molecule has 3 aliphatic heterocycles. The number of fused-ring (bicyclic) bond motifs is 3. The van der Waals surface area contributed by atoms with Crippen molar-refractivity contribution in [2.45, 2.75) is 63.3 Å². The Hall–Kier alpha value is -3.04. The molecule has 10 heteroatoms. The monoisotopic (exact) mass is 591 g/mol. The average molecular weight is 593 g/mol. The maximum atomic E-state index is 6.57. The summed E-state index contributed by atoms with van der Waals surface area (Å²) in [6.07, 6.45) is 5.25. The summed E-state index contributed by atoms with van der Waals surface area (Å²) in [7, 11) is 0. The van der Waals surface area contributed by atoms with E-state index in [-0.39, 0.29) is 6.10 Å². The van der Waals surface area contributed by atoms with Gasteiger partial charge in [0.05, 0.1) is 40.4 Å². The lowest BCUT2D eigenvalue weighted by molar-refractivity contribution is -0.0717. The smallest absolute Gasteiger partial charge is 0.292 e. The van der Waals surface area contributed by atoms with Crippen molar-refractivity contribution in [2.75, 3.05) is 24.6 Å². The van der Waals surface area contributed by atoms with Gasteiger partial charge < -0.3 is 23.7 Å². The number of nitrogens with zero attached hydrogens (tertiary/aromatic N) is 5. The Kier molecular flexibility index (Phi) is 6.11. The third-order valence-electron chi connectivity index (χ3n) is 9.09. The summed E-state index contributed by atoms with van der Waals surface area (Å²) in [5.41, 5.74) is 3.73. The second kappa shape index (κ2) is 9.76. The van der Waals surface area contributed by atoms with Gasteiger partial charge in [0.1, 0.15) is 17.0 Å². The number of ether oxygens (including phenoxy) is 3. The van der Waals surface area contributed by atoms with Crippen LogP contribution in [0.15, 0.2) is 54.7 Å². The minimum absolute atomic E-state index is 0.245. The largest absolute Gasteiger partial charge is 0.443 e. The topological polar surface area (TPSA) is 64.9 Å². The molecule has 2 aromatic heterocycles. The number of hydrogen-bond donors (Lipinski definition) is 0. The van der Waals surface area contributed by atoms with Crippen LogP contribution in [-0.2, 0) is 23.6 Å². The van der Waals surface area contributed by atoms with Crippen molar-refractivity contribution in [1.29, 1.82) is 0 Å². The molecule has 0 N–H and O–H groups in total. The van der Waals surface area contributed by atoms with Gasteiger partial charge in [0.2, 0.25) is 0 Å². The summed E-state index contributed by atoms with van der Waals surface area (Å²) in [6, 6.07) is 16.7. The minimum atomic E-state index is -1.01. The highest BCUT2D eigenvalue weighted by Gasteiger charge is 2.47. The summed E-state index contributed by atoms with van der Waals surface area (Å²) in [5.74, 6) is 1.58. The quantitative estimate of drug-likeness (QED) is 0.271. The van der Waals surface area contributed by atoms with Gasteiger partial charge in [-0.3, -0.25) is 9.88 Å². The zero-order chi connectivity index (χ0) is 27.7. The molecule has 0 radical (unpaired) electrons. The molecule has 8 rings (SSSR count). The van der Waals surface area contributed by atoms with E-state index < -0.39 is 5.79 Å². The number of halogens is 2. The molecule has 0 bridgehead atoms. The lowest BCUT2D eigenvalue weighted by Gasteiger charge is -2.54. The van der Waals surface area contributed by atoms with Crippen molar-refractivity contribution < 1.29 is 14.2 Å². The minimum Gasteiger partial charge on any atom is -0.443 e. The van der Waals surface area contributed by atoms with Crippen LogP contribution in [-0.4, -0.2) is 57.3 Å². The number of piperazine rings is 1. The molecule has 2 saturated heterocycles. The van der Waals surface area contributed by atoms with Crippen LogP contribution < -0.4 is 14.4 Å². The fourth-order valence-corrected chi connectivity index (χ4v) is 7.03. The first kappa shape index (κ1) is 25.7. The fraction of sp³-hybridized carbons (Fsp3) is 0.419. The maximum Gasteiger partial charge on any atom is 0.292 e. The molecular weight excluding hydrogens is 561 g/mol. The molecule has 8 nitrogen and oxygen atoms in total. The van der Waals surface area contributed by atoms with Gasteiger partial charge in [-0.2, -0.15) is 0 Å². The van der Waals surface area contributed by atoms with Gasteiger partial charge in [0.25, 0.3) is 5.79 Å². The Morgan fingerprint density at radius 2 is 1.83 bits per heavy atom. The van der Waals surface area contributed by atoms with Crippen molar-refractivity contribution in [2.24, 2.45) is 0 Å². The van der Waals surface area contributed by atoms with E-state index in [0.717, 1.165) is 86.1 Å². The Labute approximate surface area is 248 Å². The molecule has 3 fully saturated rings. The standard InChI is InChI=1S/C31H31Cl2N5O3/c1-31(27-11-8-19(32)16-34-27)40-26-7-3-6-25(30(26)41-31)37-14-13-36(22-9-10-23(22)37)18-28-35-29-21(33)4-2-5-24(29)38(28)17-20-12-15-39-20/h2-8,11,16,20,22-23H,9-10,12-15,17-18H2,1H3/t20-,22-,23+,31-/m0/s1. The molecule has 212 valence electrons. The van der Waals surface area contributed by atoms with Crippen LogP contribution in [0.5, 0.6) is 11.5 Å². The summed E-state index contributed by atoms with van der Waals surface area (Å²) >= 11 is 12.6. The van der Waals surface area contributed by atoms with Crippen LogP contribution in [0.3, 0.4) is 0 Å². The number of benzene rings is 2. The van der Waals surface area contributed by atoms with Crippen molar-refractivity contribution in [3.63, 3.8) is 0 Å². The van der Waals surface area contributed by atoms with Crippen LogP contribution in [0.25, 0.3) is 11.0 Å². The molecule has 2 aromatic carbocycles. The highest BCUT2D eigenvalue weighted by molar-refractivity contribution is 6.34. The van der Waals surface area contributed by atoms with Crippen molar-refractivity contribution in [3.05, 3.63) is 76.3 Å². The van der Waals surface area contributed by atoms with E-state index in [0.29, 0.717) is 27.8 Å². The first-order chi connectivity index (χ1) is 20.0. The van der Waals surface area contributed by atoms with Crippen LogP contribution in [0.2, 0.25) is 10.0 Å². The Morgan fingerprint density at radius 3 is 2.59 bits per heavy atom. The van der Waals surface area contributed by atoms with E-state index >= 15 is 0 Å². The summed E-state index contributed by atoms with van der Waals surface area (Å²) in [5, 5.41) is 1.28. The number of imidazole rings is 1. The van der Waals surface area contributed by atoms with Crippen LogP contribution >= 0.6 is 23.2 Å². The first-order valence-corrected chi connectivity index (χ1v) is 15.1. The Morgan fingerprint density at radius 1 is 0.976 bits per heavy atom. The van der Waals surface area contributed by atoms with Gasteiger partial charge in [-0.05, 0) is 55.7 Å². The maximum absolute atomic E-state index is 6.57. The highest BCUT2D eigenvalue weighted by atomic mass is 35.5. The zero-order valence-electron chi connectivity index (χ0n) is 22.8. The van der Waals surface area contributed by atoms with Gasteiger partial charge in [-0.15, -0.1) is 0 Å². The second-order valence-electron chi connectivity index (χ2n) is 11.5. The van der Waals surface area contributed by atoms with E-state index in [1.807, 2.05) is 43.3 Å². The number of rotatable bonds is 6. The third kappa shape index (κ3) is 4.26. The molecular formula is C31H31Cl2N5O3. The zero-order valence-corrected chi connectivity index (χ0v) is 24.3. The predicted octanol–water partition coefficient (Wildman–Crippen LogP) is 6.02. The number of para-hydroxylation sites is 2. The predicted molar refractivity (Wildman–Crippen MR) is 158 cm³/mol. The number of anilines is 1. The Bertz CT molecular complexity index is 1620. The second-order valence-corrected chi connectivity index (χ2v) is 12.4. The number of hydrogen-bond acceptors (Lipinski definition) is 7. The van der Waals surface area contributed by atoms with Crippen molar-refractivity contribution in [3.8, 4) is 11.5 Å². The van der Waals surface area contributed by atoms with Crippen molar-refractivity contribution in [1.82, 2.24) is 19.4 Å². The van der Waals surface area contributed by atoms with E-state index in [1.54, 1.807) is 6.20 Å². The lowest BCUT2D eigenvalue weighted by atomic mass is 9.81. The van der Waals surface area contributed by atoms with E-state index in [2.05, 4.69) is 31.5 Å². The van der Waals surface area contributed by atoms with Gasteiger partial charge >= 0.3 is 0 Å². The Balaban J connectivity index is 1.04. The molecule has 0 spiro atoms. The molecule has 4 aromatic rings. The fourth-order valence-electron chi connectivity index (χ4n) is 6.70. The highest BCUT2D eigenvalue weighted by Crippen LogP contribution is 2.51. The number of aromatic nitrogens is 3. The third-order valence-corrected chi connectivity index (χ3v) is 9.62. The lowest BCUT2D eigenvalue weighted by Crippen LogP contribution is -2.64. The molecule has 0 unspecified atom stereocenters. The molecule has 1 aliphatic carbocycles. The molecule has 4 aliphatic rings. The average Bonchev–Trinajstić information content (AvgIpc) is 3.45. The van der Waals surface area contributed by atoms with Gasteiger partial charge in [-0.25, -0.2) is 4.98 Å². The number of pyridine rings is 1. The van der Waals surface area contributed by atoms with Gasteiger partial charge in [0, 0.05) is 44.9 Å². The molecule has 4 atom stereocenters. The van der Waals surface area contributed by atoms with E-state index in [9.17, 15) is 0 Å². The van der Waals surface area contributed by atoms with Crippen LogP contribution in [0.1, 0.15) is 37.7 Å². The summed E-state index contributed by atoms with van der Waals surface area (Å²) in [4.78, 5) is 14.6. The van der Waals surface area contributed by atoms with Crippen molar-refractivity contribution >= 4 is 39.9 Å². The summed E-state index contributed by atoms with van der Waals surface area (Å²) < 4.78 is 21.0. The molecule has 41 heavy (non-hydrogen) atoms. The molecule has 1 saturated carbocycles. The first-order valence-electron chi connectivity index (χ1n) is 14.4. The SMILES string of the molecule is C[C@]1(c2ccc(Cl)cn2)Oc2cccc(N3CCN(Cc4nc5c(Cl)cccc5n4C[C@@H]4CCO4)[C@H]4CC[C@H]43)c2O1.